The largest absolute Gasteiger partial charge is 0.383 e. The molecule has 9 heteroatoms. The molecule has 2 fully saturated rings. The van der Waals surface area contributed by atoms with Gasteiger partial charge in [0.15, 0.2) is 0 Å². The van der Waals surface area contributed by atoms with Crippen LogP contribution in [0.25, 0.3) is 5.69 Å². The van der Waals surface area contributed by atoms with Gasteiger partial charge in [-0.1, -0.05) is 26.3 Å². The minimum atomic E-state index is -1.11. The third kappa shape index (κ3) is 4.36. The van der Waals surface area contributed by atoms with E-state index in [9.17, 15) is 9.90 Å². The Morgan fingerprint density at radius 2 is 2.12 bits per heavy atom. The highest BCUT2D eigenvalue weighted by Crippen LogP contribution is 2.39. The maximum Gasteiger partial charge on any atom is 0.230 e. The fourth-order valence-corrected chi connectivity index (χ4v) is 4.82. The molecule has 5 rings (SSSR count). The van der Waals surface area contributed by atoms with Crippen molar-refractivity contribution in [1.82, 2.24) is 25.1 Å². The van der Waals surface area contributed by atoms with E-state index in [0.717, 1.165) is 34.3 Å². The maximum absolute atomic E-state index is 12.8. The van der Waals surface area contributed by atoms with E-state index in [1.165, 1.54) is 0 Å². The highest BCUT2D eigenvalue weighted by Gasteiger charge is 2.36. The number of aromatic nitrogens is 4. The van der Waals surface area contributed by atoms with Crippen LogP contribution in [0.4, 0.5) is 0 Å². The zero-order chi connectivity index (χ0) is 22.3. The second-order valence-corrected chi connectivity index (χ2v) is 9.83. The minimum absolute atomic E-state index is 0.00175. The van der Waals surface area contributed by atoms with E-state index in [0.29, 0.717) is 49.7 Å². The summed E-state index contributed by atoms with van der Waals surface area (Å²) in [5.74, 6) is 1.12. The van der Waals surface area contributed by atoms with Crippen LogP contribution in [0.15, 0.2) is 39.5 Å². The number of carbonyl (C=O) groups is 1. The first-order valence-electron chi connectivity index (χ1n) is 11.1. The van der Waals surface area contributed by atoms with Gasteiger partial charge >= 0.3 is 0 Å². The van der Waals surface area contributed by atoms with Crippen molar-refractivity contribution in [1.29, 1.82) is 0 Å². The lowest BCUT2D eigenvalue weighted by molar-refractivity contribution is -0.130. The SMILES string of the molecule is Cc1cc(Br)ccc1-n1cc(C2(O)CCCN(C(=O)Cc3cc(C4CC4)no3)CC2)nn1. The van der Waals surface area contributed by atoms with E-state index >= 15 is 0 Å². The van der Waals surface area contributed by atoms with E-state index in [-0.39, 0.29) is 12.3 Å². The summed E-state index contributed by atoms with van der Waals surface area (Å²) in [4.78, 5) is 14.6. The van der Waals surface area contributed by atoms with Crippen molar-refractivity contribution < 1.29 is 14.4 Å². The molecule has 3 heterocycles. The van der Waals surface area contributed by atoms with Crippen molar-refractivity contribution in [3.8, 4) is 5.69 Å². The Hall–Kier alpha value is -2.52. The predicted molar refractivity (Wildman–Crippen MR) is 120 cm³/mol. The molecule has 0 radical (unpaired) electrons. The summed E-state index contributed by atoms with van der Waals surface area (Å²) in [5, 5.41) is 24.0. The van der Waals surface area contributed by atoms with Gasteiger partial charge in [0.1, 0.15) is 17.1 Å². The molecule has 2 aromatic heterocycles. The first-order chi connectivity index (χ1) is 15.4. The normalized spacial score (nSPS) is 21.5. The second-order valence-electron chi connectivity index (χ2n) is 8.91. The number of halogens is 1. The molecule has 168 valence electrons. The lowest BCUT2D eigenvalue weighted by Gasteiger charge is -2.24. The average molecular weight is 500 g/mol. The highest BCUT2D eigenvalue weighted by molar-refractivity contribution is 9.10. The summed E-state index contributed by atoms with van der Waals surface area (Å²) < 4.78 is 8.06. The fraction of sp³-hybridized carbons (Fsp3) is 0.478. The van der Waals surface area contributed by atoms with Gasteiger partial charge in [-0.05, 0) is 62.8 Å². The molecule has 1 unspecified atom stereocenters. The Bertz CT molecular complexity index is 1140. The molecule has 0 spiro atoms. The zero-order valence-corrected chi connectivity index (χ0v) is 19.6. The Morgan fingerprint density at radius 1 is 1.28 bits per heavy atom. The Morgan fingerprint density at radius 3 is 2.91 bits per heavy atom. The number of aryl methyl sites for hydroxylation is 1. The van der Waals surface area contributed by atoms with Gasteiger partial charge in [-0.2, -0.15) is 0 Å². The zero-order valence-electron chi connectivity index (χ0n) is 18.0. The number of nitrogens with zero attached hydrogens (tertiary/aromatic N) is 5. The molecule has 1 aliphatic carbocycles. The molecular formula is C23H26BrN5O3. The van der Waals surface area contributed by atoms with Crippen LogP contribution in [-0.2, 0) is 16.8 Å². The molecule has 1 aromatic carbocycles. The Balaban J connectivity index is 1.25. The van der Waals surface area contributed by atoms with Crippen molar-refractivity contribution in [2.75, 3.05) is 13.1 Å². The van der Waals surface area contributed by atoms with Crippen molar-refractivity contribution >= 4 is 21.8 Å². The van der Waals surface area contributed by atoms with Gasteiger partial charge in [-0.15, -0.1) is 5.10 Å². The Labute approximate surface area is 194 Å². The smallest absolute Gasteiger partial charge is 0.230 e. The van der Waals surface area contributed by atoms with Crippen molar-refractivity contribution in [3.63, 3.8) is 0 Å². The van der Waals surface area contributed by atoms with Crippen LogP contribution in [-0.4, -0.2) is 49.2 Å². The number of rotatable bonds is 5. The van der Waals surface area contributed by atoms with E-state index in [2.05, 4.69) is 31.4 Å². The average Bonchev–Trinajstić information content (AvgIpc) is 3.37. The lowest BCUT2D eigenvalue weighted by Crippen LogP contribution is -2.34. The summed E-state index contributed by atoms with van der Waals surface area (Å²) >= 11 is 3.48. The predicted octanol–water partition coefficient (Wildman–Crippen LogP) is 3.65. The third-order valence-corrected chi connectivity index (χ3v) is 6.93. The van der Waals surface area contributed by atoms with Crippen LogP contribution >= 0.6 is 15.9 Å². The molecule has 1 amide bonds. The summed E-state index contributed by atoms with van der Waals surface area (Å²) in [6, 6.07) is 7.85. The number of carbonyl (C=O) groups excluding carboxylic acids is 1. The van der Waals surface area contributed by atoms with Crippen LogP contribution in [0.5, 0.6) is 0 Å². The minimum Gasteiger partial charge on any atom is -0.383 e. The van der Waals surface area contributed by atoms with Gasteiger partial charge in [-0.25, -0.2) is 4.68 Å². The van der Waals surface area contributed by atoms with Crippen LogP contribution < -0.4 is 0 Å². The monoisotopic (exact) mass is 499 g/mol. The fourth-order valence-electron chi connectivity index (χ4n) is 4.34. The number of hydrogen-bond donors (Lipinski definition) is 1. The maximum atomic E-state index is 12.8. The van der Waals surface area contributed by atoms with Gasteiger partial charge in [-0.3, -0.25) is 4.79 Å². The summed E-state index contributed by atoms with van der Waals surface area (Å²) in [5.41, 5.74) is 2.36. The van der Waals surface area contributed by atoms with Gasteiger partial charge < -0.3 is 14.5 Å². The van der Waals surface area contributed by atoms with E-state index in [1.54, 1.807) is 15.8 Å². The Kier molecular flexibility index (Phi) is 5.63. The number of likely N-dealkylation sites (tertiary alicyclic amines) is 1. The molecule has 1 N–H and O–H groups in total. The van der Waals surface area contributed by atoms with Gasteiger partial charge in [0.2, 0.25) is 5.91 Å². The number of benzene rings is 1. The van der Waals surface area contributed by atoms with Crippen LogP contribution in [0, 0.1) is 6.92 Å². The summed E-state index contributed by atoms with van der Waals surface area (Å²) in [6.07, 6.45) is 5.94. The van der Waals surface area contributed by atoms with Crippen LogP contribution in [0.2, 0.25) is 0 Å². The topological polar surface area (TPSA) is 97.3 Å². The molecular weight excluding hydrogens is 474 g/mol. The first kappa shape index (κ1) is 21.3. The molecule has 1 aliphatic heterocycles. The molecule has 32 heavy (non-hydrogen) atoms. The second kappa shape index (κ2) is 8.44. The lowest BCUT2D eigenvalue weighted by atomic mass is 9.92. The molecule has 0 bridgehead atoms. The number of amides is 1. The van der Waals surface area contributed by atoms with Crippen molar-refractivity contribution in [2.24, 2.45) is 0 Å². The highest BCUT2D eigenvalue weighted by atomic mass is 79.9. The van der Waals surface area contributed by atoms with E-state index in [4.69, 9.17) is 4.52 Å². The molecule has 3 aromatic rings. The molecule has 1 saturated carbocycles. The summed E-state index contributed by atoms with van der Waals surface area (Å²) in [7, 11) is 0. The van der Waals surface area contributed by atoms with E-state index in [1.807, 2.05) is 31.2 Å². The van der Waals surface area contributed by atoms with Crippen molar-refractivity contribution in [3.05, 3.63) is 57.6 Å². The van der Waals surface area contributed by atoms with Gasteiger partial charge in [0.25, 0.3) is 0 Å². The van der Waals surface area contributed by atoms with Crippen LogP contribution in [0.1, 0.15) is 60.7 Å². The summed E-state index contributed by atoms with van der Waals surface area (Å²) in [6.45, 7) is 3.07. The standard InChI is InChI=1S/C23H26BrN5O3/c1-15-11-17(24)5-6-20(15)29-14-21(25-27-29)23(31)7-2-9-28(10-8-23)22(30)13-18-12-19(26-32-18)16-3-4-16/h5-6,11-12,14,16,31H,2-4,7-10,13H2,1H3. The first-order valence-corrected chi connectivity index (χ1v) is 11.9. The number of aliphatic hydroxyl groups is 1. The van der Waals surface area contributed by atoms with Gasteiger partial charge in [0.05, 0.1) is 24.0 Å². The molecule has 1 saturated heterocycles. The number of hydrogen-bond acceptors (Lipinski definition) is 6. The molecule has 2 aliphatic rings. The third-order valence-electron chi connectivity index (χ3n) is 6.44. The quantitative estimate of drug-likeness (QED) is 0.575. The van der Waals surface area contributed by atoms with Crippen LogP contribution in [0.3, 0.4) is 0 Å². The molecule has 8 nitrogen and oxygen atoms in total. The van der Waals surface area contributed by atoms with E-state index < -0.39 is 5.60 Å². The van der Waals surface area contributed by atoms with Crippen molar-refractivity contribution in [2.45, 2.75) is 57.0 Å². The molecule has 1 atom stereocenters. The van der Waals surface area contributed by atoms with Gasteiger partial charge in [0, 0.05) is 29.5 Å².